The zero-order valence-corrected chi connectivity index (χ0v) is 21.3. The fraction of sp³-hybridized carbons (Fsp3) is 0.194. The van der Waals surface area contributed by atoms with Gasteiger partial charge in [0.05, 0.1) is 11.8 Å². The quantitative estimate of drug-likeness (QED) is 0.333. The van der Waals surface area contributed by atoms with Crippen molar-refractivity contribution in [3.8, 4) is 16.9 Å². The number of aryl methyl sites for hydroxylation is 1. The van der Waals surface area contributed by atoms with Gasteiger partial charge in [-0.1, -0.05) is 66.2 Å². The molecule has 0 aliphatic carbocycles. The number of hydrogen-bond acceptors (Lipinski definition) is 4. The average Bonchev–Trinajstić information content (AvgIpc) is 3.63. The van der Waals surface area contributed by atoms with Gasteiger partial charge in [0.25, 0.3) is 11.8 Å². The fourth-order valence-electron chi connectivity index (χ4n) is 4.35. The zero-order chi connectivity index (χ0) is 26.3. The summed E-state index contributed by atoms with van der Waals surface area (Å²) in [6, 6.07) is 26.8. The third kappa shape index (κ3) is 6.07. The number of nitrogens with zero attached hydrogens (tertiary/aromatic N) is 2. The van der Waals surface area contributed by atoms with E-state index in [1.165, 1.54) is 0 Å². The number of benzene rings is 3. The van der Waals surface area contributed by atoms with Crippen molar-refractivity contribution < 1.29 is 14.3 Å². The first-order valence-corrected chi connectivity index (χ1v) is 12.8. The summed E-state index contributed by atoms with van der Waals surface area (Å²) < 4.78 is 7.43. The van der Waals surface area contributed by atoms with Crippen LogP contribution in [0.5, 0.6) is 0 Å². The minimum absolute atomic E-state index is 0.0197. The van der Waals surface area contributed by atoms with Crippen LogP contribution >= 0.6 is 0 Å². The van der Waals surface area contributed by atoms with Crippen LogP contribution in [-0.4, -0.2) is 40.9 Å². The molecule has 1 aliphatic rings. The molecule has 1 atom stereocenters. The van der Waals surface area contributed by atoms with E-state index in [0.717, 1.165) is 29.7 Å². The van der Waals surface area contributed by atoms with Crippen LogP contribution in [0.3, 0.4) is 0 Å². The normalized spacial score (nSPS) is 15.3. The van der Waals surface area contributed by atoms with E-state index in [1.807, 2.05) is 85.9 Å². The van der Waals surface area contributed by atoms with Gasteiger partial charge in [-0.2, -0.15) is 5.10 Å². The highest BCUT2D eigenvalue weighted by molar-refractivity contribution is 6.05. The number of rotatable bonds is 8. The SMILES string of the molecule is Cc1ccc(C(=O)N/C(=C/c2cn(-c3ccccc3)nc2-c2ccccc2)C(=O)NC[C@H]2CCCO2)cc1. The van der Waals surface area contributed by atoms with Gasteiger partial charge in [0.2, 0.25) is 0 Å². The maximum Gasteiger partial charge on any atom is 0.267 e. The van der Waals surface area contributed by atoms with Gasteiger partial charge in [-0.3, -0.25) is 9.59 Å². The van der Waals surface area contributed by atoms with Crippen LogP contribution in [0, 0.1) is 6.92 Å². The standard InChI is InChI=1S/C31H30N4O3/c1-22-14-16-24(17-15-22)30(36)33-28(31(37)32-20-27-13-8-18-38-27)19-25-21-35(26-11-6-3-7-12-26)34-29(25)23-9-4-2-5-10-23/h2-7,9-12,14-17,19,21,27H,8,13,18,20H2,1H3,(H,32,37)(H,33,36)/b28-19+/t27-/m1/s1. The van der Waals surface area contributed by atoms with E-state index >= 15 is 0 Å². The molecular weight excluding hydrogens is 476 g/mol. The van der Waals surface area contributed by atoms with E-state index in [2.05, 4.69) is 10.6 Å². The van der Waals surface area contributed by atoms with E-state index in [-0.39, 0.29) is 23.6 Å². The molecule has 0 unspecified atom stereocenters. The molecule has 7 heteroatoms. The summed E-state index contributed by atoms with van der Waals surface area (Å²) in [5.74, 6) is -0.743. The van der Waals surface area contributed by atoms with Crippen molar-refractivity contribution in [3.63, 3.8) is 0 Å². The maximum atomic E-state index is 13.4. The highest BCUT2D eigenvalue weighted by Crippen LogP contribution is 2.25. The predicted octanol–water partition coefficient (Wildman–Crippen LogP) is 4.91. The van der Waals surface area contributed by atoms with Crippen molar-refractivity contribution in [3.05, 3.63) is 114 Å². The van der Waals surface area contributed by atoms with Crippen LogP contribution in [0.25, 0.3) is 23.0 Å². The van der Waals surface area contributed by atoms with Crippen LogP contribution in [0.1, 0.15) is 34.3 Å². The molecule has 5 rings (SSSR count). The number of carbonyl (C=O) groups excluding carboxylic acids is 2. The van der Waals surface area contributed by atoms with Crippen LogP contribution < -0.4 is 10.6 Å². The Morgan fingerprint density at radius 2 is 1.71 bits per heavy atom. The monoisotopic (exact) mass is 506 g/mol. The molecular formula is C31H30N4O3. The van der Waals surface area contributed by atoms with E-state index < -0.39 is 0 Å². The maximum absolute atomic E-state index is 13.4. The molecule has 1 aliphatic heterocycles. The molecule has 2 heterocycles. The second kappa shape index (κ2) is 11.7. The average molecular weight is 507 g/mol. The van der Waals surface area contributed by atoms with Crippen molar-refractivity contribution in [2.45, 2.75) is 25.9 Å². The Balaban J connectivity index is 1.52. The van der Waals surface area contributed by atoms with Crippen molar-refractivity contribution in [2.24, 2.45) is 0 Å². The largest absolute Gasteiger partial charge is 0.376 e. The van der Waals surface area contributed by atoms with Crippen molar-refractivity contribution >= 4 is 17.9 Å². The molecule has 38 heavy (non-hydrogen) atoms. The summed E-state index contributed by atoms with van der Waals surface area (Å²) in [6.45, 7) is 3.04. The number of carbonyl (C=O) groups is 2. The van der Waals surface area contributed by atoms with Gasteiger partial charge in [-0.25, -0.2) is 4.68 Å². The summed E-state index contributed by atoms with van der Waals surface area (Å²) >= 11 is 0. The van der Waals surface area contributed by atoms with Gasteiger partial charge < -0.3 is 15.4 Å². The van der Waals surface area contributed by atoms with Crippen LogP contribution in [0.4, 0.5) is 0 Å². The molecule has 0 saturated carbocycles. The molecule has 0 radical (unpaired) electrons. The van der Waals surface area contributed by atoms with Crippen LogP contribution in [0.2, 0.25) is 0 Å². The lowest BCUT2D eigenvalue weighted by atomic mass is 10.1. The summed E-state index contributed by atoms with van der Waals surface area (Å²) in [4.78, 5) is 26.5. The Morgan fingerprint density at radius 1 is 1.00 bits per heavy atom. The van der Waals surface area contributed by atoms with Gasteiger partial charge in [-0.15, -0.1) is 0 Å². The fourth-order valence-corrected chi connectivity index (χ4v) is 4.35. The van der Waals surface area contributed by atoms with Crippen molar-refractivity contribution in [2.75, 3.05) is 13.2 Å². The highest BCUT2D eigenvalue weighted by atomic mass is 16.5. The number of para-hydroxylation sites is 1. The number of amides is 2. The van der Waals surface area contributed by atoms with Gasteiger partial charge in [-0.05, 0) is 50.1 Å². The summed E-state index contributed by atoms with van der Waals surface area (Å²) in [5.41, 5.74) is 4.84. The number of ether oxygens (including phenoxy) is 1. The molecule has 0 spiro atoms. The molecule has 192 valence electrons. The lowest BCUT2D eigenvalue weighted by molar-refractivity contribution is -0.118. The molecule has 3 aromatic carbocycles. The van der Waals surface area contributed by atoms with E-state index in [4.69, 9.17) is 9.84 Å². The number of aromatic nitrogens is 2. The summed E-state index contributed by atoms with van der Waals surface area (Å²) in [6.07, 6.45) is 5.41. The summed E-state index contributed by atoms with van der Waals surface area (Å²) in [5, 5.41) is 10.6. The van der Waals surface area contributed by atoms with E-state index in [9.17, 15) is 9.59 Å². The zero-order valence-electron chi connectivity index (χ0n) is 21.3. The molecule has 1 fully saturated rings. The number of nitrogens with one attached hydrogen (secondary N) is 2. The molecule has 1 aromatic heterocycles. The Bertz CT molecular complexity index is 1420. The minimum Gasteiger partial charge on any atom is -0.376 e. The predicted molar refractivity (Wildman–Crippen MR) is 148 cm³/mol. The Kier molecular flexibility index (Phi) is 7.75. The molecule has 4 aromatic rings. The van der Waals surface area contributed by atoms with Gasteiger partial charge in [0.15, 0.2) is 0 Å². The first-order valence-electron chi connectivity index (χ1n) is 12.8. The van der Waals surface area contributed by atoms with Gasteiger partial charge in [0, 0.05) is 36.0 Å². The molecule has 0 bridgehead atoms. The Labute approximate surface area is 222 Å². The Morgan fingerprint density at radius 3 is 2.39 bits per heavy atom. The van der Waals surface area contributed by atoms with Crippen LogP contribution in [0.15, 0.2) is 96.8 Å². The first kappa shape index (κ1) is 25.2. The lowest BCUT2D eigenvalue weighted by Gasteiger charge is -2.14. The third-order valence-corrected chi connectivity index (χ3v) is 6.43. The molecule has 1 saturated heterocycles. The number of hydrogen-bond donors (Lipinski definition) is 2. The highest BCUT2D eigenvalue weighted by Gasteiger charge is 2.21. The lowest BCUT2D eigenvalue weighted by Crippen LogP contribution is -2.38. The molecule has 7 nitrogen and oxygen atoms in total. The van der Waals surface area contributed by atoms with Crippen molar-refractivity contribution in [1.29, 1.82) is 0 Å². The summed E-state index contributed by atoms with van der Waals surface area (Å²) in [7, 11) is 0. The van der Waals surface area contributed by atoms with E-state index in [0.29, 0.717) is 30.0 Å². The third-order valence-electron chi connectivity index (χ3n) is 6.43. The molecule has 2 N–H and O–H groups in total. The second-order valence-electron chi connectivity index (χ2n) is 9.30. The van der Waals surface area contributed by atoms with Gasteiger partial charge >= 0.3 is 0 Å². The topological polar surface area (TPSA) is 85.2 Å². The first-order chi connectivity index (χ1) is 18.6. The molecule has 2 amide bonds. The van der Waals surface area contributed by atoms with Crippen molar-refractivity contribution in [1.82, 2.24) is 20.4 Å². The minimum atomic E-state index is -0.382. The van der Waals surface area contributed by atoms with E-state index in [1.54, 1.807) is 22.9 Å². The Hall–Kier alpha value is -4.49. The van der Waals surface area contributed by atoms with Gasteiger partial charge in [0.1, 0.15) is 11.4 Å². The smallest absolute Gasteiger partial charge is 0.267 e. The van der Waals surface area contributed by atoms with Crippen LogP contribution in [-0.2, 0) is 9.53 Å². The second-order valence-corrected chi connectivity index (χ2v) is 9.30.